The van der Waals surface area contributed by atoms with Crippen LogP contribution in [0.15, 0.2) is 4.42 Å². The summed E-state index contributed by atoms with van der Waals surface area (Å²) in [6, 6.07) is 0. The molecule has 0 aromatic carbocycles. The molecule has 0 aliphatic carbocycles. The van der Waals surface area contributed by atoms with E-state index in [1.165, 1.54) is 0 Å². The van der Waals surface area contributed by atoms with Gasteiger partial charge in [-0.15, -0.1) is 10.2 Å². The number of carbonyl (C=O) groups excluding carboxylic acids is 1. The van der Waals surface area contributed by atoms with Crippen LogP contribution in [0.1, 0.15) is 62.6 Å². The topological polar surface area (TPSA) is 71.3 Å². The van der Waals surface area contributed by atoms with Gasteiger partial charge in [-0.2, -0.15) is 0 Å². The van der Waals surface area contributed by atoms with Crippen molar-refractivity contribution >= 4 is 5.91 Å². The molecule has 1 N–H and O–H groups in total. The normalized spacial score (nSPS) is 26.8. The smallest absolute Gasteiger partial charge is 0.222 e. The number of hydrogen-bond donors (Lipinski definition) is 1. The number of nitrogens with one attached hydrogen (secondary N) is 1. The van der Waals surface area contributed by atoms with Crippen LogP contribution in [0, 0.1) is 0 Å². The zero-order valence-electron chi connectivity index (χ0n) is 12.7. The maximum absolute atomic E-state index is 11.8. The Hall–Kier alpha value is -1.43. The van der Waals surface area contributed by atoms with Crippen LogP contribution in [0.4, 0.5) is 0 Å². The maximum atomic E-state index is 11.8. The minimum atomic E-state index is 0.201. The fourth-order valence-corrected chi connectivity index (χ4v) is 3.27. The first kappa shape index (κ1) is 14.5. The van der Waals surface area contributed by atoms with Crippen LogP contribution >= 0.6 is 0 Å². The zero-order chi connectivity index (χ0) is 14.7. The van der Waals surface area contributed by atoms with Gasteiger partial charge in [0.15, 0.2) is 0 Å². The van der Waals surface area contributed by atoms with Crippen molar-refractivity contribution in [2.75, 3.05) is 26.2 Å². The summed E-state index contributed by atoms with van der Waals surface area (Å²) in [5.74, 6) is 2.24. The molecule has 1 amide bonds. The summed E-state index contributed by atoms with van der Waals surface area (Å²) in [6.07, 6.45) is 4.87. The van der Waals surface area contributed by atoms with Crippen molar-refractivity contribution in [1.82, 2.24) is 20.4 Å². The summed E-state index contributed by atoms with van der Waals surface area (Å²) in [5.41, 5.74) is 0. The maximum Gasteiger partial charge on any atom is 0.222 e. The molecule has 6 heteroatoms. The van der Waals surface area contributed by atoms with Crippen molar-refractivity contribution in [2.24, 2.45) is 0 Å². The van der Waals surface area contributed by atoms with Crippen molar-refractivity contribution in [3.8, 4) is 0 Å². The van der Waals surface area contributed by atoms with Crippen LogP contribution in [0.5, 0.6) is 0 Å². The fourth-order valence-electron chi connectivity index (χ4n) is 3.27. The van der Waals surface area contributed by atoms with E-state index < -0.39 is 0 Å². The highest BCUT2D eigenvalue weighted by Gasteiger charge is 2.29. The molecule has 0 radical (unpaired) electrons. The summed E-state index contributed by atoms with van der Waals surface area (Å²) in [5, 5.41) is 11.9. The van der Waals surface area contributed by atoms with Crippen molar-refractivity contribution < 1.29 is 9.21 Å². The van der Waals surface area contributed by atoms with Crippen molar-refractivity contribution in [1.29, 1.82) is 0 Å². The second-order valence-corrected chi connectivity index (χ2v) is 6.05. The molecular weight excluding hydrogens is 268 g/mol. The molecule has 116 valence electrons. The Balaban J connectivity index is 1.66. The highest BCUT2D eigenvalue weighted by Crippen LogP contribution is 2.29. The van der Waals surface area contributed by atoms with Crippen LogP contribution in [-0.2, 0) is 4.79 Å². The quantitative estimate of drug-likeness (QED) is 0.917. The molecule has 2 atom stereocenters. The second-order valence-electron chi connectivity index (χ2n) is 6.05. The lowest BCUT2D eigenvalue weighted by molar-refractivity contribution is -0.132. The van der Waals surface area contributed by atoms with Gasteiger partial charge in [0, 0.05) is 32.0 Å². The van der Waals surface area contributed by atoms with E-state index >= 15 is 0 Å². The summed E-state index contributed by atoms with van der Waals surface area (Å²) < 4.78 is 5.92. The molecule has 2 fully saturated rings. The molecule has 3 heterocycles. The Morgan fingerprint density at radius 2 is 2.05 bits per heavy atom. The highest BCUT2D eigenvalue weighted by atomic mass is 16.4. The monoisotopic (exact) mass is 292 g/mol. The van der Waals surface area contributed by atoms with Gasteiger partial charge in [-0.1, -0.05) is 6.92 Å². The Kier molecular flexibility index (Phi) is 4.53. The molecule has 0 bridgehead atoms. The Morgan fingerprint density at radius 1 is 1.29 bits per heavy atom. The Morgan fingerprint density at radius 3 is 2.76 bits per heavy atom. The van der Waals surface area contributed by atoms with Gasteiger partial charge in [-0.3, -0.25) is 4.79 Å². The Labute approximate surface area is 125 Å². The molecule has 1 aromatic heterocycles. The SMILES string of the molecule is CCC(=O)N1CCC[C@H](c2nnc([C@@H]3CCCNC3)o2)C1. The van der Waals surface area contributed by atoms with Gasteiger partial charge < -0.3 is 14.6 Å². The molecule has 3 rings (SSSR count). The lowest BCUT2D eigenvalue weighted by Crippen LogP contribution is -2.38. The van der Waals surface area contributed by atoms with Crippen LogP contribution in [-0.4, -0.2) is 47.2 Å². The van der Waals surface area contributed by atoms with E-state index in [2.05, 4.69) is 15.5 Å². The second kappa shape index (κ2) is 6.56. The summed E-state index contributed by atoms with van der Waals surface area (Å²) in [4.78, 5) is 13.8. The third-order valence-electron chi connectivity index (χ3n) is 4.53. The number of carbonyl (C=O) groups is 1. The van der Waals surface area contributed by atoms with E-state index in [0.29, 0.717) is 18.2 Å². The molecule has 0 saturated carbocycles. The molecule has 2 aliphatic heterocycles. The van der Waals surface area contributed by atoms with Crippen LogP contribution in [0.3, 0.4) is 0 Å². The number of hydrogen-bond acceptors (Lipinski definition) is 5. The zero-order valence-corrected chi connectivity index (χ0v) is 12.7. The Bertz CT molecular complexity index is 482. The first-order chi connectivity index (χ1) is 10.3. The lowest BCUT2D eigenvalue weighted by atomic mass is 9.97. The number of aromatic nitrogens is 2. The first-order valence-electron chi connectivity index (χ1n) is 8.09. The third-order valence-corrected chi connectivity index (χ3v) is 4.53. The van der Waals surface area contributed by atoms with Crippen LogP contribution in [0.25, 0.3) is 0 Å². The number of amides is 1. The number of likely N-dealkylation sites (tertiary alicyclic amines) is 1. The molecular formula is C15H24N4O2. The molecule has 1 aromatic rings. The van der Waals surface area contributed by atoms with Crippen LogP contribution in [0.2, 0.25) is 0 Å². The molecule has 2 aliphatic rings. The summed E-state index contributed by atoms with van der Waals surface area (Å²) >= 11 is 0. The van der Waals surface area contributed by atoms with Gasteiger partial charge >= 0.3 is 0 Å². The van der Waals surface area contributed by atoms with Crippen LogP contribution < -0.4 is 5.32 Å². The lowest BCUT2D eigenvalue weighted by Gasteiger charge is -2.30. The van der Waals surface area contributed by atoms with Crippen molar-refractivity contribution in [3.63, 3.8) is 0 Å². The minimum Gasteiger partial charge on any atom is -0.425 e. The highest BCUT2D eigenvalue weighted by molar-refractivity contribution is 5.75. The predicted octanol–water partition coefficient (Wildman–Crippen LogP) is 1.65. The standard InChI is InChI=1S/C15H24N4O2/c1-2-13(20)19-8-4-6-12(10-19)15-18-17-14(21-15)11-5-3-7-16-9-11/h11-12,16H,2-10H2,1H3/t11-,12+/m1/s1. The predicted molar refractivity (Wildman–Crippen MR) is 78.0 cm³/mol. The first-order valence-corrected chi connectivity index (χ1v) is 8.09. The molecule has 0 unspecified atom stereocenters. The summed E-state index contributed by atoms with van der Waals surface area (Å²) in [6.45, 7) is 5.49. The van der Waals surface area contributed by atoms with Gasteiger partial charge in [0.1, 0.15) is 0 Å². The van der Waals surface area contributed by atoms with E-state index in [9.17, 15) is 4.79 Å². The van der Waals surface area contributed by atoms with Gasteiger partial charge in [0.25, 0.3) is 0 Å². The molecule has 21 heavy (non-hydrogen) atoms. The number of rotatable bonds is 3. The summed E-state index contributed by atoms with van der Waals surface area (Å²) in [7, 11) is 0. The van der Waals surface area contributed by atoms with Gasteiger partial charge in [-0.05, 0) is 32.2 Å². The molecule has 0 spiro atoms. The molecule has 2 saturated heterocycles. The van der Waals surface area contributed by atoms with Gasteiger partial charge in [0.2, 0.25) is 17.7 Å². The van der Waals surface area contributed by atoms with E-state index in [4.69, 9.17) is 4.42 Å². The number of nitrogens with zero attached hydrogens (tertiary/aromatic N) is 3. The van der Waals surface area contributed by atoms with E-state index in [-0.39, 0.29) is 11.8 Å². The van der Waals surface area contributed by atoms with E-state index in [0.717, 1.165) is 57.8 Å². The average Bonchev–Trinajstić information content (AvgIpc) is 3.05. The third kappa shape index (κ3) is 3.26. The van der Waals surface area contributed by atoms with Gasteiger partial charge in [0.05, 0.1) is 5.92 Å². The molecule has 6 nitrogen and oxygen atoms in total. The van der Waals surface area contributed by atoms with E-state index in [1.54, 1.807) is 0 Å². The average molecular weight is 292 g/mol. The minimum absolute atomic E-state index is 0.201. The fraction of sp³-hybridized carbons (Fsp3) is 0.800. The number of piperidine rings is 2. The van der Waals surface area contributed by atoms with E-state index in [1.807, 2.05) is 11.8 Å². The van der Waals surface area contributed by atoms with Crippen molar-refractivity contribution in [3.05, 3.63) is 11.8 Å². The largest absolute Gasteiger partial charge is 0.425 e. The van der Waals surface area contributed by atoms with Gasteiger partial charge in [-0.25, -0.2) is 0 Å². The van der Waals surface area contributed by atoms with Crippen molar-refractivity contribution in [2.45, 2.75) is 50.9 Å².